The molecule has 0 aliphatic heterocycles. The van der Waals surface area contributed by atoms with Gasteiger partial charge in [0, 0.05) is 24.0 Å². The summed E-state index contributed by atoms with van der Waals surface area (Å²) in [5, 5.41) is 13.7. The number of carbonyl (C=O) groups excluding carboxylic acids is 2. The SMILES string of the molecule is O=C(CC(Cc1ccccc1)C(=O)[O-])Nc1ccc(F)cc1. The molecule has 1 N–H and O–H groups in total. The van der Waals surface area contributed by atoms with Crippen molar-refractivity contribution in [2.24, 2.45) is 5.92 Å². The van der Waals surface area contributed by atoms with Crippen molar-refractivity contribution in [2.75, 3.05) is 5.32 Å². The first-order valence-corrected chi connectivity index (χ1v) is 6.85. The zero-order valence-electron chi connectivity index (χ0n) is 11.8. The van der Waals surface area contributed by atoms with Crippen LogP contribution in [0.5, 0.6) is 0 Å². The maximum absolute atomic E-state index is 12.8. The van der Waals surface area contributed by atoms with Crippen LogP contribution in [-0.2, 0) is 16.0 Å². The van der Waals surface area contributed by atoms with Crippen LogP contribution in [-0.4, -0.2) is 11.9 Å². The molecule has 0 saturated heterocycles. The topological polar surface area (TPSA) is 69.2 Å². The summed E-state index contributed by atoms with van der Waals surface area (Å²) in [6.45, 7) is 0. The fourth-order valence-electron chi connectivity index (χ4n) is 2.11. The molecular formula is C17H15FNO3-. The van der Waals surface area contributed by atoms with E-state index in [4.69, 9.17) is 0 Å². The van der Waals surface area contributed by atoms with Crippen LogP contribution in [0.2, 0.25) is 0 Å². The van der Waals surface area contributed by atoms with Gasteiger partial charge in [0.2, 0.25) is 5.91 Å². The smallest absolute Gasteiger partial charge is 0.225 e. The average Bonchev–Trinajstić information content (AvgIpc) is 2.50. The van der Waals surface area contributed by atoms with Crippen LogP contribution in [0.25, 0.3) is 0 Å². The second-order valence-corrected chi connectivity index (χ2v) is 4.96. The first-order valence-electron chi connectivity index (χ1n) is 6.85. The van der Waals surface area contributed by atoms with Gasteiger partial charge >= 0.3 is 0 Å². The minimum atomic E-state index is -1.27. The summed E-state index contributed by atoms with van der Waals surface area (Å²) < 4.78 is 12.8. The number of hydrogen-bond donors (Lipinski definition) is 1. The molecule has 0 aromatic heterocycles. The predicted molar refractivity (Wildman–Crippen MR) is 78.3 cm³/mol. The fraction of sp³-hybridized carbons (Fsp3) is 0.176. The van der Waals surface area contributed by atoms with Gasteiger partial charge in [0.15, 0.2) is 0 Å². The first-order chi connectivity index (χ1) is 10.5. The summed E-state index contributed by atoms with van der Waals surface area (Å²) in [5.41, 5.74) is 1.24. The normalized spacial score (nSPS) is 11.7. The van der Waals surface area contributed by atoms with Crippen LogP contribution in [0.15, 0.2) is 54.6 Å². The molecule has 0 aliphatic carbocycles. The van der Waals surface area contributed by atoms with Crippen molar-refractivity contribution in [1.82, 2.24) is 0 Å². The molecule has 0 bridgehead atoms. The van der Waals surface area contributed by atoms with Crippen LogP contribution < -0.4 is 10.4 Å². The number of halogens is 1. The Morgan fingerprint density at radius 2 is 1.68 bits per heavy atom. The summed E-state index contributed by atoms with van der Waals surface area (Å²) in [6, 6.07) is 14.3. The highest BCUT2D eigenvalue weighted by molar-refractivity contribution is 5.92. The molecule has 0 heterocycles. The van der Waals surface area contributed by atoms with E-state index in [-0.39, 0.29) is 12.8 Å². The number of aliphatic carboxylic acids is 1. The molecule has 5 heteroatoms. The zero-order chi connectivity index (χ0) is 15.9. The molecule has 1 amide bonds. The molecule has 4 nitrogen and oxygen atoms in total. The third kappa shape index (κ3) is 4.70. The van der Waals surface area contributed by atoms with Gasteiger partial charge in [-0.15, -0.1) is 0 Å². The Kier molecular flexibility index (Phi) is 5.25. The van der Waals surface area contributed by atoms with Crippen molar-refractivity contribution < 1.29 is 19.1 Å². The highest BCUT2D eigenvalue weighted by Crippen LogP contribution is 2.14. The van der Waals surface area contributed by atoms with E-state index < -0.39 is 23.6 Å². The van der Waals surface area contributed by atoms with Crippen LogP contribution in [0.3, 0.4) is 0 Å². The van der Waals surface area contributed by atoms with Crippen molar-refractivity contribution >= 4 is 17.6 Å². The number of carbonyl (C=O) groups is 2. The molecule has 0 saturated carbocycles. The number of anilines is 1. The van der Waals surface area contributed by atoms with Crippen molar-refractivity contribution in [3.8, 4) is 0 Å². The van der Waals surface area contributed by atoms with Crippen molar-refractivity contribution in [3.63, 3.8) is 0 Å². The lowest BCUT2D eigenvalue weighted by Crippen LogP contribution is -2.35. The second-order valence-electron chi connectivity index (χ2n) is 4.96. The van der Waals surface area contributed by atoms with Gasteiger partial charge in [-0.1, -0.05) is 30.3 Å². The lowest BCUT2D eigenvalue weighted by Gasteiger charge is -2.17. The molecule has 2 aromatic rings. The predicted octanol–water partition coefficient (Wildman–Crippen LogP) is 1.76. The lowest BCUT2D eigenvalue weighted by atomic mass is 9.96. The summed E-state index contributed by atoms with van der Waals surface area (Å²) in [4.78, 5) is 23.1. The molecule has 0 radical (unpaired) electrons. The van der Waals surface area contributed by atoms with E-state index in [1.807, 2.05) is 6.07 Å². The molecule has 114 valence electrons. The lowest BCUT2D eigenvalue weighted by molar-refractivity contribution is -0.311. The Labute approximate surface area is 127 Å². The monoisotopic (exact) mass is 300 g/mol. The van der Waals surface area contributed by atoms with Gasteiger partial charge < -0.3 is 15.2 Å². The minimum absolute atomic E-state index is 0.200. The average molecular weight is 300 g/mol. The van der Waals surface area contributed by atoms with E-state index in [1.54, 1.807) is 24.3 Å². The van der Waals surface area contributed by atoms with E-state index in [2.05, 4.69) is 5.32 Å². The number of hydrogen-bond acceptors (Lipinski definition) is 3. The van der Waals surface area contributed by atoms with E-state index >= 15 is 0 Å². The van der Waals surface area contributed by atoms with E-state index in [0.29, 0.717) is 5.69 Å². The van der Waals surface area contributed by atoms with Crippen LogP contribution in [0, 0.1) is 11.7 Å². The van der Waals surface area contributed by atoms with E-state index in [0.717, 1.165) is 5.56 Å². The van der Waals surface area contributed by atoms with Crippen LogP contribution in [0.4, 0.5) is 10.1 Å². The third-order valence-corrected chi connectivity index (χ3v) is 3.22. The van der Waals surface area contributed by atoms with Gasteiger partial charge in [-0.05, 0) is 36.2 Å². The van der Waals surface area contributed by atoms with E-state index in [1.165, 1.54) is 24.3 Å². The quantitative estimate of drug-likeness (QED) is 0.884. The number of carboxylic acids is 1. The molecule has 1 atom stereocenters. The molecule has 0 fully saturated rings. The maximum atomic E-state index is 12.8. The summed E-state index contributed by atoms with van der Waals surface area (Å²) >= 11 is 0. The fourth-order valence-corrected chi connectivity index (χ4v) is 2.11. The van der Waals surface area contributed by atoms with Gasteiger partial charge in [-0.3, -0.25) is 4.79 Å². The van der Waals surface area contributed by atoms with E-state index in [9.17, 15) is 19.1 Å². The van der Waals surface area contributed by atoms with Crippen LogP contribution in [0.1, 0.15) is 12.0 Å². The number of benzene rings is 2. The summed E-state index contributed by atoms with van der Waals surface area (Å²) in [7, 11) is 0. The van der Waals surface area contributed by atoms with Crippen molar-refractivity contribution in [1.29, 1.82) is 0 Å². The molecule has 2 rings (SSSR count). The second kappa shape index (κ2) is 7.36. The van der Waals surface area contributed by atoms with Gasteiger partial charge in [0.05, 0.1) is 0 Å². The number of amides is 1. The number of rotatable bonds is 6. The Morgan fingerprint density at radius 1 is 1.05 bits per heavy atom. The van der Waals surface area contributed by atoms with Gasteiger partial charge in [-0.25, -0.2) is 4.39 Å². The van der Waals surface area contributed by atoms with Gasteiger partial charge in [0.1, 0.15) is 5.82 Å². The highest BCUT2D eigenvalue weighted by atomic mass is 19.1. The molecule has 2 aromatic carbocycles. The molecular weight excluding hydrogens is 285 g/mol. The van der Waals surface area contributed by atoms with Gasteiger partial charge in [-0.2, -0.15) is 0 Å². The standard InChI is InChI=1S/C17H16FNO3/c18-14-6-8-15(9-7-14)19-16(20)11-13(17(21)22)10-12-4-2-1-3-5-12/h1-9,13H,10-11H2,(H,19,20)(H,21,22)/p-1. The molecule has 22 heavy (non-hydrogen) atoms. The van der Waals surface area contributed by atoms with Crippen molar-refractivity contribution in [2.45, 2.75) is 12.8 Å². The number of carboxylic acid groups (broad SMARTS) is 1. The maximum Gasteiger partial charge on any atom is 0.225 e. The minimum Gasteiger partial charge on any atom is -0.550 e. The van der Waals surface area contributed by atoms with Crippen molar-refractivity contribution in [3.05, 3.63) is 66.0 Å². The largest absolute Gasteiger partial charge is 0.550 e. The number of nitrogens with one attached hydrogen (secondary N) is 1. The molecule has 0 aliphatic rings. The molecule has 0 spiro atoms. The van der Waals surface area contributed by atoms with Gasteiger partial charge in [0.25, 0.3) is 0 Å². The first kappa shape index (κ1) is 15.7. The Balaban J connectivity index is 1.97. The Hall–Kier alpha value is -2.69. The third-order valence-electron chi connectivity index (χ3n) is 3.22. The van der Waals surface area contributed by atoms with Crippen LogP contribution >= 0.6 is 0 Å². The molecule has 1 unspecified atom stereocenters. The Bertz CT molecular complexity index is 641. The summed E-state index contributed by atoms with van der Waals surface area (Å²) in [6.07, 6.45) is 0.0224. The summed E-state index contributed by atoms with van der Waals surface area (Å²) in [5.74, 6) is -3.03. The Morgan fingerprint density at radius 3 is 2.27 bits per heavy atom. The zero-order valence-corrected chi connectivity index (χ0v) is 11.8. The highest BCUT2D eigenvalue weighted by Gasteiger charge is 2.16.